The number of rotatable bonds is 2. The van der Waals surface area contributed by atoms with Crippen LogP contribution in [0.25, 0.3) is 0 Å². The number of hydrogen-bond acceptors (Lipinski definition) is 4. The summed E-state index contributed by atoms with van der Waals surface area (Å²) in [6, 6.07) is 3.63. The monoisotopic (exact) mass is 273 g/mol. The Hall–Kier alpha value is -1.80. The summed E-state index contributed by atoms with van der Waals surface area (Å²) in [5, 5.41) is 12.2. The third-order valence-electron chi connectivity index (χ3n) is 4.32. The molecule has 0 amide bonds. The smallest absolute Gasteiger partial charge is 0.176 e. The molecule has 2 unspecified atom stereocenters. The predicted octanol–water partition coefficient (Wildman–Crippen LogP) is 2.20. The van der Waals surface area contributed by atoms with Crippen LogP contribution in [-0.4, -0.2) is 22.9 Å². The van der Waals surface area contributed by atoms with Crippen molar-refractivity contribution < 1.29 is 9.18 Å². The molecule has 1 aromatic rings. The number of fused-ring (bicyclic) bond motifs is 2. The average Bonchev–Trinajstić information content (AvgIpc) is 2.46. The number of halogens is 1. The zero-order valence-electron chi connectivity index (χ0n) is 11.1. The minimum atomic E-state index is -0.715. The number of Topliss-reactive ketones (excluding diaryl/α,β-unsaturated/α-hetero) is 1. The molecule has 2 fully saturated rings. The number of carbonyl (C=O) groups excluding carboxylic acids is 1. The lowest BCUT2D eigenvalue weighted by Crippen LogP contribution is -2.50. The Kier molecular flexibility index (Phi) is 3.49. The molecule has 1 aromatic heterocycles. The van der Waals surface area contributed by atoms with Crippen LogP contribution in [0.1, 0.15) is 48.2 Å². The summed E-state index contributed by atoms with van der Waals surface area (Å²) in [6.07, 6.45) is 6.40. The van der Waals surface area contributed by atoms with E-state index >= 15 is 0 Å². The third kappa shape index (κ3) is 2.44. The van der Waals surface area contributed by atoms with Gasteiger partial charge >= 0.3 is 0 Å². The first-order valence-electron chi connectivity index (χ1n) is 7.03. The highest BCUT2D eigenvalue weighted by Gasteiger charge is 2.35. The normalized spacial score (nSPS) is 28.7. The first kappa shape index (κ1) is 13.2. The average molecular weight is 273 g/mol. The van der Waals surface area contributed by atoms with Crippen LogP contribution in [0.5, 0.6) is 0 Å². The number of ketones is 1. The molecule has 0 aromatic carbocycles. The van der Waals surface area contributed by atoms with E-state index in [0.29, 0.717) is 12.1 Å². The van der Waals surface area contributed by atoms with Gasteiger partial charge in [-0.15, -0.1) is 0 Å². The molecule has 0 spiro atoms. The molecule has 3 rings (SSSR count). The van der Waals surface area contributed by atoms with E-state index < -0.39 is 5.82 Å². The van der Waals surface area contributed by atoms with E-state index in [-0.39, 0.29) is 23.0 Å². The van der Waals surface area contributed by atoms with Gasteiger partial charge in [0.25, 0.3) is 0 Å². The lowest BCUT2D eigenvalue weighted by atomic mass is 9.77. The lowest BCUT2D eigenvalue weighted by molar-refractivity contribution is 0.0824. The Labute approximate surface area is 117 Å². The molecule has 2 aliphatic heterocycles. The van der Waals surface area contributed by atoms with Crippen LogP contribution in [0.4, 0.5) is 4.39 Å². The fraction of sp³-hybridized carbons (Fsp3) is 0.533. The molecular formula is C15H16FN3O. The summed E-state index contributed by atoms with van der Waals surface area (Å²) in [7, 11) is 0. The Morgan fingerprint density at radius 3 is 2.70 bits per heavy atom. The molecule has 20 heavy (non-hydrogen) atoms. The van der Waals surface area contributed by atoms with Crippen molar-refractivity contribution >= 4 is 5.78 Å². The highest BCUT2D eigenvalue weighted by molar-refractivity contribution is 5.97. The van der Waals surface area contributed by atoms with Crippen LogP contribution >= 0.6 is 0 Å². The minimum absolute atomic E-state index is 0.0423. The molecule has 0 radical (unpaired) electrons. The third-order valence-corrected chi connectivity index (χ3v) is 4.32. The van der Waals surface area contributed by atoms with Gasteiger partial charge in [-0.05, 0) is 31.7 Å². The van der Waals surface area contributed by atoms with E-state index in [4.69, 9.17) is 5.26 Å². The quantitative estimate of drug-likeness (QED) is 0.839. The second-order valence-electron chi connectivity index (χ2n) is 5.69. The number of nitrogens with zero attached hydrogens (tertiary/aromatic N) is 2. The van der Waals surface area contributed by atoms with Gasteiger partial charge in [-0.3, -0.25) is 4.79 Å². The number of aromatic nitrogens is 1. The molecule has 0 aliphatic carbocycles. The molecular weight excluding hydrogens is 257 g/mol. The van der Waals surface area contributed by atoms with Crippen LogP contribution in [0, 0.1) is 23.1 Å². The second-order valence-corrected chi connectivity index (χ2v) is 5.69. The summed E-state index contributed by atoms with van der Waals surface area (Å²) in [5.41, 5.74) is 0.0233. The van der Waals surface area contributed by atoms with Crippen LogP contribution in [0.2, 0.25) is 0 Å². The van der Waals surface area contributed by atoms with Crippen molar-refractivity contribution in [3.63, 3.8) is 0 Å². The molecule has 2 atom stereocenters. The van der Waals surface area contributed by atoms with Crippen molar-refractivity contribution in [2.45, 2.75) is 44.2 Å². The molecule has 3 heterocycles. The number of nitrogens with one attached hydrogen (secondary N) is 1. The van der Waals surface area contributed by atoms with Crippen molar-refractivity contribution in [1.82, 2.24) is 10.3 Å². The highest BCUT2D eigenvalue weighted by Crippen LogP contribution is 2.31. The topological polar surface area (TPSA) is 65.8 Å². The van der Waals surface area contributed by atoms with E-state index in [0.717, 1.165) is 31.7 Å². The van der Waals surface area contributed by atoms with E-state index in [2.05, 4.69) is 10.3 Å². The zero-order valence-corrected chi connectivity index (χ0v) is 11.1. The Morgan fingerprint density at radius 1 is 1.40 bits per heavy atom. The first-order chi connectivity index (χ1) is 9.67. The van der Waals surface area contributed by atoms with Gasteiger partial charge in [0.15, 0.2) is 17.3 Å². The van der Waals surface area contributed by atoms with Crippen LogP contribution in [0.3, 0.4) is 0 Å². The zero-order chi connectivity index (χ0) is 14.1. The van der Waals surface area contributed by atoms with Gasteiger partial charge in [0.2, 0.25) is 0 Å². The van der Waals surface area contributed by atoms with Gasteiger partial charge in [-0.25, -0.2) is 9.37 Å². The molecule has 2 bridgehead atoms. The van der Waals surface area contributed by atoms with Gasteiger partial charge in [-0.1, -0.05) is 6.42 Å². The van der Waals surface area contributed by atoms with Crippen molar-refractivity contribution in [2.75, 3.05) is 0 Å². The summed E-state index contributed by atoms with van der Waals surface area (Å²) in [5.74, 6) is -0.813. The molecule has 2 saturated heterocycles. The highest BCUT2D eigenvalue weighted by atomic mass is 19.1. The van der Waals surface area contributed by atoms with E-state index in [1.165, 1.54) is 12.6 Å². The van der Waals surface area contributed by atoms with Gasteiger partial charge in [0.05, 0.1) is 0 Å². The van der Waals surface area contributed by atoms with E-state index in [1.807, 2.05) is 0 Å². The van der Waals surface area contributed by atoms with Gasteiger partial charge in [-0.2, -0.15) is 5.26 Å². The summed E-state index contributed by atoms with van der Waals surface area (Å²) in [6.45, 7) is 0. The maximum Gasteiger partial charge on any atom is 0.176 e. The molecule has 4 nitrogen and oxygen atoms in total. The second kappa shape index (κ2) is 5.29. The maximum absolute atomic E-state index is 13.6. The maximum atomic E-state index is 13.6. The number of hydrogen-bond donors (Lipinski definition) is 1. The van der Waals surface area contributed by atoms with E-state index in [9.17, 15) is 9.18 Å². The largest absolute Gasteiger partial charge is 0.311 e. The van der Waals surface area contributed by atoms with Crippen LogP contribution < -0.4 is 5.32 Å². The van der Waals surface area contributed by atoms with Crippen LogP contribution in [0.15, 0.2) is 12.3 Å². The summed E-state index contributed by atoms with van der Waals surface area (Å²) < 4.78 is 13.6. The Morgan fingerprint density at radius 2 is 2.10 bits per heavy atom. The number of nitriles is 1. The summed E-state index contributed by atoms with van der Waals surface area (Å²) >= 11 is 0. The molecule has 1 N–H and O–H groups in total. The van der Waals surface area contributed by atoms with Crippen molar-refractivity contribution in [1.29, 1.82) is 5.26 Å². The Balaban J connectivity index is 1.79. The van der Waals surface area contributed by atoms with Crippen LogP contribution in [-0.2, 0) is 0 Å². The standard InChI is InChI=1S/C15H16FN3O/c16-13-6-10(8-18-14(13)7-17)15(20)9-4-11-2-1-3-12(5-9)19-11/h6,8-9,11-12,19H,1-5H2. The molecule has 0 saturated carbocycles. The number of piperidine rings is 2. The summed E-state index contributed by atoms with van der Waals surface area (Å²) in [4.78, 5) is 16.2. The molecule has 104 valence electrons. The fourth-order valence-electron chi connectivity index (χ4n) is 3.37. The number of carbonyl (C=O) groups is 1. The van der Waals surface area contributed by atoms with E-state index in [1.54, 1.807) is 6.07 Å². The first-order valence-corrected chi connectivity index (χ1v) is 7.03. The van der Waals surface area contributed by atoms with Crippen molar-refractivity contribution in [3.05, 3.63) is 29.3 Å². The fourth-order valence-corrected chi connectivity index (χ4v) is 3.37. The number of pyridine rings is 1. The molecule has 2 aliphatic rings. The van der Waals surface area contributed by atoms with Gasteiger partial charge < -0.3 is 5.32 Å². The SMILES string of the molecule is N#Cc1ncc(C(=O)C2CC3CCCC(C2)N3)cc1F. The van der Waals surface area contributed by atoms with Crippen molar-refractivity contribution in [2.24, 2.45) is 5.92 Å². The Bertz CT molecular complexity index is 569. The van der Waals surface area contributed by atoms with Gasteiger partial charge in [0.1, 0.15) is 6.07 Å². The van der Waals surface area contributed by atoms with Gasteiger partial charge in [0, 0.05) is 29.8 Å². The minimum Gasteiger partial charge on any atom is -0.311 e. The molecule has 5 heteroatoms. The lowest BCUT2D eigenvalue weighted by Gasteiger charge is -2.39. The predicted molar refractivity (Wildman–Crippen MR) is 70.5 cm³/mol. The van der Waals surface area contributed by atoms with Crippen molar-refractivity contribution in [3.8, 4) is 6.07 Å².